The molecule has 0 aliphatic heterocycles. The molecule has 1 rings (SSSR count). The molecule has 1 N–H and O–H groups in total. The van der Waals surface area contributed by atoms with E-state index in [1.165, 1.54) is 5.56 Å². The summed E-state index contributed by atoms with van der Waals surface area (Å²) in [5.41, 5.74) is 2.33. The quantitative estimate of drug-likeness (QED) is 0.802. The van der Waals surface area contributed by atoms with Gasteiger partial charge in [-0.15, -0.1) is 0 Å². The third-order valence-electron chi connectivity index (χ3n) is 2.01. The Labute approximate surface area is 87.9 Å². The molecule has 0 fully saturated rings. The molecule has 0 amide bonds. The van der Waals surface area contributed by atoms with Crippen LogP contribution in [-0.4, -0.2) is 5.11 Å². The van der Waals surface area contributed by atoms with Gasteiger partial charge in [-0.3, -0.25) is 0 Å². The maximum absolute atomic E-state index is 9.03. The van der Waals surface area contributed by atoms with Crippen LogP contribution < -0.4 is 0 Å². The Morgan fingerprint density at radius 2 is 1.85 bits per heavy atom. The van der Waals surface area contributed by atoms with E-state index in [-0.39, 0.29) is 12.0 Å². The Bertz CT molecular complexity index is 299. The Morgan fingerprint density at radius 1 is 1.23 bits per heavy atom. The molecule has 72 valence electrons. The van der Waals surface area contributed by atoms with E-state index < -0.39 is 0 Å². The molecule has 2 heteroatoms. The fourth-order valence-electron chi connectivity index (χ4n) is 1.17. The van der Waals surface area contributed by atoms with Gasteiger partial charge in [-0.25, -0.2) is 0 Å². The van der Waals surface area contributed by atoms with Gasteiger partial charge in [0.1, 0.15) is 0 Å². The molecule has 0 bridgehead atoms. The van der Waals surface area contributed by atoms with Crippen LogP contribution in [0.3, 0.4) is 0 Å². The van der Waals surface area contributed by atoms with Crippen molar-refractivity contribution in [1.82, 2.24) is 0 Å². The average molecular weight is 243 g/mol. The first kappa shape index (κ1) is 10.7. The summed E-state index contributed by atoms with van der Waals surface area (Å²) in [6, 6.07) is 6.08. The van der Waals surface area contributed by atoms with E-state index in [2.05, 4.69) is 42.8 Å². The largest absolute Gasteiger partial charge is 0.392 e. The maximum Gasteiger partial charge on any atom is 0.0682 e. The molecule has 0 aliphatic carbocycles. The van der Waals surface area contributed by atoms with Crippen LogP contribution >= 0.6 is 15.9 Å². The number of hydrogen-bond acceptors (Lipinski definition) is 1. The number of aliphatic hydroxyl groups excluding tert-OH is 1. The molecular weight excluding hydrogens is 228 g/mol. The Morgan fingerprint density at radius 3 is 2.31 bits per heavy atom. The molecule has 1 aromatic carbocycles. The summed E-state index contributed by atoms with van der Waals surface area (Å²) in [5, 5.41) is 9.03. The molecule has 0 atom stereocenters. The first-order chi connectivity index (χ1) is 5.93. The summed E-state index contributed by atoms with van der Waals surface area (Å²) in [7, 11) is 0. The van der Waals surface area contributed by atoms with Crippen molar-refractivity contribution in [3.05, 3.63) is 33.8 Å². The highest BCUT2D eigenvalue weighted by Crippen LogP contribution is 2.26. The first-order valence-corrected chi connectivity index (χ1v) is 5.13. The van der Waals surface area contributed by atoms with Gasteiger partial charge in [-0.2, -0.15) is 0 Å². The molecule has 0 saturated carbocycles. The molecular formula is C11H15BrO. The van der Waals surface area contributed by atoms with Crippen molar-refractivity contribution >= 4 is 15.9 Å². The minimum absolute atomic E-state index is 0.0997. The van der Waals surface area contributed by atoms with Gasteiger partial charge < -0.3 is 5.11 Å². The highest BCUT2D eigenvalue weighted by molar-refractivity contribution is 9.10. The molecule has 0 spiro atoms. The highest BCUT2D eigenvalue weighted by atomic mass is 79.9. The zero-order valence-corrected chi connectivity index (χ0v) is 9.85. The van der Waals surface area contributed by atoms with Gasteiger partial charge in [0.2, 0.25) is 0 Å². The summed E-state index contributed by atoms with van der Waals surface area (Å²) in [5.74, 6) is 0. The van der Waals surface area contributed by atoms with Gasteiger partial charge >= 0.3 is 0 Å². The van der Waals surface area contributed by atoms with Crippen LogP contribution in [0, 0.1) is 0 Å². The van der Waals surface area contributed by atoms with Crippen molar-refractivity contribution < 1.29 is 5.11 Å². The van der Waals surface area contributed by atoms with Crippen molar-refractivity contribution in [3.63, 3.8) is 0 Å². The summed E-state index contributed by atoms with van der Waals surface area (Å²) in [4.78, 5) is 0. The summed E-state index contributed by atoms with van der Waals surface area (Å²) in [6.07, 6.45) is 0. The number of hydrogen-bond donors (Lipinski definition) is 1. The monoisotopic (exact) mass is 242 g/mol. The minimum atomic E-state index is 0.0997. The van der Waals surface area contributed by atoms with Crippen LogP contribution in [0.1, 0.15) is 31.9 Å². The number of benzene rings is 1. The zero-order chi connectivity index (χ0) is 10.1. The lowest BCUT2D eigenvalue weighted by molar-refractivity contribution is 0.281. The SMILES string of the molecule is CC(C)(C)c1cc(Br)cc(CO)c1. The van der Waals surface area contributed by atoms with Crippen LogP contribution in [0.5, 0.6) is 0 Å². The number of rotatable bonds is 1. The van der Waals surface area contributed by atoms with E-state index in [4.69, 9.17) is 5.11 Å². The lowest BCUT2D eigenvalue weighted by atomic mass is 9.86. The fraction of sp³-hybridized carbons (Fsp3) is 0.455. The second-order valence-electron chi connectivity index (χ2n) is 4.26. The summed E-state index contributed by atoms with van der Waals surface area (Å²) < 4.78 is 1.03. The number of aliphatic hydroxyl groups is 1. The Kier molecular flexibility index (Phi) is 3.14. The molecule has 13 heavy (non-hydrogen) atoms. The van der Waals surface area contributed by atoms with Gasteiger partial charge in [0.05, 0.1) is 6.61 Å². The summed E-state index contributed by atoms with van der Waals surface area (Å²) >= 11 is 3.44. The fourth-order valence-corrected chi connectivity index (χ4v) is 1.72. The van der Waals surface area contributed by atoms with Gasteiger partial charge in [-0.1, -0.05) is 42.8 Å². The predicted octanol–water partition coefficient (Wildman–Crippen LogP) is 3.24. The molecule has 0 radical (unpaired) electrons. The Balaban J connectivity index is 3.16. The molecule has 1 aromatic rings. The van der Waals surface area contributed by atoms with Gasteiger partial charge in [0.25, 0.3) is 0 Å². The van der Waals surface area contributed by atoms with E-state index >= 15 is 0 Å². The van der Waals surface area contributed by atoms with Crippen molar-refractivity contribution in [2.24, 2.45) is 0 Å². The van der Waals surface area contributed by atoms with E-state index in [1.807, 2.05) is 12.1 Å². The first-order valence-electron chi connectivity index (χ1n) is 4.34. The van der Waals surface area contributed by atoms with Crippen LogP contribution in [-0.2, 0) is 12.0 Å². The molecule has 1 nitrogen and oxygen atoms in total. The van der Waals surface area contributed by atoms with Gasteiger partial charge in [-0.05, 0) is 28.7 Å². The average Bonchev–Trinajstić information content (AvgIpc) is 2.01. The van der Waals surface area contributed by atoms with Gasteiger partial charge in [0.15, 0.2) is 0 Å². The smallest absolute Gasteiger partial charge is 0.0682 e. The normalized spacial score (nSPS) is 11.8. The van der Waals surface area contributed by atoms with Crippen LogP contribution in [0.25, 0.3) is 0 Å². The number of halogens is 1. The van der Waals surface area contributed by atoms with E-state index in [0.717, 1.165) is 10.0 Å². The van der Waals surface area contributed by atoms with Crippen molar-refractivity contribution in [2.45, 2.75) is 32.8 Å². The molecule has 0 unspecified atom stereocenters. The highest BCUT2D eigenvalue weighted by Gasteiger charge is 2.14. The van der Waals surface area contributed by atoms with E-state index in [1.54, 1.807) is 0 Å². The maximum atomic E-state index is 9.03. The second-order valence-corrected chi connectivity index (χ2v) is 5.17. The van der Waals surface area contributed by atoms with Crippen molar-refractivity contribution in [1.29, 1.82) is 0 Å². The third-order valence-corrected chi connectivity index (χ3v) is 2.46. The zero-order valence-electron chi connectivity index (χ0n) is 8.26. The minimum Gasteiger partial charge on any atom is -0.392 e. The molecule has 0 saturated heterocycles. The lowest BCUT2D eigenvalue weighted by Gasteiger charge is -2.20. The predicted molar refractivity (Wildman–Crippen MR) is 58.8 cm³/mol. The van der Waals surface area contributed by atoms with E-state index in [0.29, 0.717) is 0 Å². The second kappa shape index (κ2) is 3.81. The van der Waals surface area contributed by atoms with Crippen molar-refractivity contribution in [2.75, 3.05) is 0 Å². The van der Waals surface area contributed by atoms with Crippen LogP contribution in [0.4, 0.5) is 0 Å². The van der Waals surface area contributed by atoms with Crippen LogP contribution in [0.15, 0.2) is 22.7 Å². The Hall–Kier alpha value is -0.340. The van der Waals surface area contributed by atoms with Gasteiger partial charge in [0, 0.05) is 4.47 Å². The standard InChI is InChI=1S/C11H15BrO/c1-11(2,3)9-4-8(7-13)5-10(12)6-9/h4-6,13H,7H2,1-3H3. The third kappa shape index (κ3) is 2.82. The topological polar surface area (TPSA) is 20.2 Å². The summed E-state index contributed by atoms with van der Waals surface area (Å²) in [6.45, 7) is 6.59. The van der Waals surface area contributed by atoms with Crippen LogP contribution in [0.2, 0.25) is 0 Å². The van der Waals surface area contributed by atoms with Crippen molar-refractivity contribution in [3.8, 4) is 0 Å². The molecule has 0 aliphatic rings. The van der Waals surface area contributed by atoms with E-state index in [9.17, 15) is 0 Å². The molecule has 0 heterocycles. The lowest BCUT2D eigenvalue weighted by Crippen LogP contribution is -2.11. The molecule has 0 aromatic heterocycles.